The van der Waals surface area contributed by atoms with Crippen molar-refractivity contribution < 1.29 is 23.5 Å². The van der Waals surface area contributed by atoms with Gasteiger partial charge in [0.1, 0.15) is 17.2 Å². The minimum absolute atomic E-state index is 0.0174. The number of fused-ring (bicyclic) bond motifs is 5. The maximum Gasteiger partial charge on any atom is 0.275 e. The largest absolute Gasteiger partial charge is 0.503 e. The second-order valence-corrected chi connectivity index (χ2v) is 8.22. The average molecular weight is 436 g/mol. The summed E-state index contributed by atoms with van der Waals surface area (Å²) in [5, 5.41) is 12.3. The van der Waals surface area contributed by atoms with Crippen molar-refractivity contribution in [2.75, 3.05) is 0 Å². The molecule has 2 aromatic rings. The Balaban J connectivity index is 1.44. The predicted octanol–water partition coefficient (Wildman–Crippen LogP) is 2.03. The van der Waals surface area contributed by atoms with E-state index in [2.05, 4.69) is 5.32 Å². The zero-order chi connectivity index (χ0) is 21.3. The van der Waals surface area contributed by atoms with E-state index in [1.54, 1.807) is 4.90 Å². The van der Waals surface area contributed by atoms with Gasteiger partial charge in [-0.1, -0.05) is 11.6 Å². The summed E-state index contributed by atoms with van der Waals surface area (Å²) in [4.78, 5) is 39.5. The Kier molecular flexibility index (Phi) is 4.15. The van der Waals surface area contributed by atoms with E-state index in [0.717, 1.165) is 25.0 Å². The summed E-state index contributed by atoms with van der Waals surface area (Å²) in [5.41, 5.74) is -2.01. The fourth-order valence-electron chi connectivity index (χ4n) is 4.68. The Labute approximate surface area is 173 Å². The van der Waals surface area contributed by atoms with Crippen molar-refractivity contribution in [2.24, 2.45) is 5.92 Å². The van der Waals surface area contributed by atoms with Crippen LogP contribution in [0.2, 0.25) is 5.02 Å². The third-order valence-electron chi connectivity index (χ3n) is 6.39. The van der Waals surface area contributed by atoms with Gasteiger partial charge in [-0.25, -0.2) is 8.78 Å². The number of hydrogen-bond acceptors (Lipinski definition) is 4. The number of aromatic nitrogens is 1. The number of amides is 2. The highest BCUT2D eigenvalue weighted by molar-refractivity contribution is 6.30. The van der Waals surface area contributed by atoms with Crippen molar-refractivity contribution in [1.29, 1.82) is 0 Å². The van der Waals surface area contributed by atoms with Crippen molar-refractivity contribution in [3.63, 3.8) is 0 Å². The number of nitrogens with zero attached hydrogens (tertiary/aromatic N) is 2. The van der Waals surface area contributed by atoms with Crippen LogP contribution in [-0.4, -0.2) is 38.5 Å². The molecule has 1 unspecified atom stereocenters. The molecule has 0 spiro atoms. The maximum absolute atomic E-state index is 14.0. The molecule has 10 heteroatoms. The number of nitrogens with one attached hydrogen (secondary N) is 1. The first-order valence-corrected chi connectivity index (χ1v) is 9.87. The molecule has 30 heavy (non-hydrogen) atoms. The van der Waals surface area contributed by atoms with Crippen molar-refractivity contribution in [2.45, 2.75) is 38.0 Å². The molecule has 0 bridgehead atoms. The first kappa shape index (κ1) is 19.0. The highest BCUT2D eigenvalue weighted by Crippen LogP contribution is 2.50. The van der Waals surface area contributed by atoms with Crippen LogP contribution in [0.1, 0.15) is 39.3 Å². The summed E-state index contributed by atoms with van der Waals surface area (Å²) in [5.74, 6) is -3.64. The molecule has 3 heterocycles. The molecular formula is C20H16ClF2N3O4. The molecule has 1 aromatic heterocycles. The Morgan fingerprint density at radius 1 is 1.23 bits per heavy atom. The summed E-state index contributed by atoms with van der Waals surface area (Å²) in [6, 6.07) is 2.17. The molecule has 5 rings (SSSR count). The minimum atomic E-state index is -1.01. The van der Waals surface area contributed by atoms with Gasteiger partial charge in [0.15, 0.2) is 11.4 Å². The van der Waals surface area contributed by atoms with Crippen molar-refractivity contribution in [3.8, 4) is 5.75 Å². The zero-order valence-electron chi connectivity index (χ0n) is 15.5. The van der Waals surface area contributed by atoms with Crippen LogP contribution < -0.4 is 10.7 Å². The quantitative estimate of drug-likeness (QED) is 0.722. The van der Waals surface area contributed by atoms with E-state index in [-0.39, 0.29) is 22.8 Å². The fraction of sp³-hybridized carbons (Fsp3) is 0.350. The summed E-state index contributed by atoms with van der Waals surface area (Å²) >= 11 is 5.64. The second-order valence-electron chi connectivity index (χ2n) is 7.81. The van der Waals surface area contributed by atoms with E-state index in [9.17, 15) is 28.3 Å². The van der Waals surface area contributed by atoms with Crippen LogP contribution in [0, 0.1) is 17.6 Å². The third kappa shape index (κ3) is 2.51. The zero-order valence-corrected chi connectivity index (χ0v) is 16.2. The number of piperidine rings is 1. The van der Waals surface area contributed by atoms with E-state index in [4.69, 9.17) is 11.6 Å². The van der Waals surface area contributed by atoms with Crippen LogP contribution in [0.15, 0.2) is 23.1 Å². The van der Waals surface area contributed by atoms with E-state index in [1.807, 2.05) is 0 Å². The summed E-state index contributed by atoms with van der Waals surface area (Å²) < 4.78 is 29.3. The normalized spacial score (nSPS) is 23.6. The lowest BCUT2D eigenvalue weighted by atomic mass is 9.64. The van der Waals surface area contributed by atoms with E-state index >= 15 is 0 Å². The van der Waals surface area contributed by atoms with Gasteiger partial charge in [0.2, 0.25) is 5.43 Å². The number of carbonyl (C=O) groups excluding carboxylic acids is 2. The Morgan fingerprint density at radius 2 is 2.00 bits per heavy atom. The van der Waals surface area contributed by atoms with Crippen LogP contribution in [0.4, 0.5) is 8.78 Å². The van der Waals surface area contributed by atoms with Crippen LogP contribution in [0.3, 0.4) is 0 Å². The first-order chi connectivity index (χ1) is 14.3. The van der Waals surface area contributed by atoms with Crippen molar-refractivity contribution >= 4 is 23.4 Å². The molecule has 1 saturated heterocycles. The number of aromatic hydroxyl groups is 1. The highest BCUT2D eigenvalue weighted by Gasteiger charge is 2.58. The smallest absolute Gasteiger partial charge is 0.275 e. The van der Waals surface area contributed by atoms with Crippen molar-refractivity contribution in [3.05, 3.63) is 62.0 Å². The van der Waals surface area contributed by atoms with E-state index in [1.165, 1.54) is 10.8 Å². The molecule has 1 aromatic carbocycles. The van der Waals surface area contributed by atoms with E-state index in [0.29, 0.717) is 12.5 Å². The van der Waals surface area contributed by atoms with Gasteiger partial charge in [-0.3, -0.25) is 14.4 Å². The van der Waals surface area contributed by atoms with Crippen LogP contribution >= 0.6 is 11.6 Å². The number of benzene rings is 1. The number of halogens is 3. The number of carbonyl (C=O) groups is 2. The molecule has 156 valence electrons. The molecule has 2 aliphatic heterocycles. The Morgan fingerprint density at radius 3 is 2.70 bits per heavy atom. The summed E-state index contributed by atoms with van der Waals surface area (Å²) in [6.45, 7) is -0.175. The molecule has 3 atom stereocenters. The third-order valence-corrected chi connectivity index (χ3v) is 6.68. The lowest BCUT2D eigenvalue weighted by molar-refractivity contribution is -0.106. The topological polar surface area (TPSA) is 91.6 Å². The molecule has 1 saturated carbocycles. The monoisotopic (exact) mass is 435 g/mol. The molecule has 2 N–H and O–H groups in total. The highest BCUT2D eigenvalue weighted by atomic mass is 35.5. The molecule has 2 amide bonds. The minimum Gasteiger partial charge on any atom is -0.503 e. The van der Waals surface area contributed by atoms with Gasteiger partial charge >= 0.3 is 0 Å². The van der Waals surface area contributed by atoms with Gasteiger partial charge in [0.05, 0.1) is 11.1 Å². The standard InChI is InChI=1S/C20H16ClF2N3O4/c21-11-2-3-12(22)9(15(11)23)5-24-19(29)10-6-25-7-14-8-1-4-13(8)26(14)20(30)16(25)18(28)17(10)27/h2-3,6,8,13-14,28H,1,4-5,7H2,(H,24,29)/t8?,13-,14-/m0/s1. The molecule has 3 aliphatic rings. The SMILES string of the molecule is O=C(NCc1c(F)ccc(Cl)c1F)c1cn2c(c(O)c1=O)C(=O)N1[C@H]3CCC3[C@@H]1C2. The van der Waals surface area contributed by atoms with Crippen LogP contribution in [-0.2, 0) is 13.1 Å². The maximum atomic E-state index is 14.0. The average Bonchev–Trinajstić information content (AvgIpc) is 2.69. The van der Waals surface area contributed by atoms with Crippen LogP contribution in [0.5, 0.6) is 5.75 Å². The van der Waals surface area contributed by atoms with E-state index < -0.39 is 52.3 Å². The van der Waals surface area contributed by atoms with Crippen LogP contribution in [0.25, 0.3) is 0 Å². The van der Waals surface area contributed by atoms with Gasteiger partial charge in [-0.2, -0.15) is 0 Å². The molecule has 0 radical (unpaired) electrons. The molecular weight excluding hydrogens is 420 g/mol. The molecule has 2 fully saturated rings. The molecule has 7 nitrogen and oxygen atoms in total. The first-order valence-electron chi connectivity index (χ1n) is 9.49. The predicted molar refractivity (Wildman–Crippen MR) is 101 cm³/mol. The number of pyridine rings is 1. The summed E-state index contributed by atoms with van der Waals surface area (Å²) in [6.07, 6.45) is 3.15. The fourth-order valence-corrected chi connectivity index (χ4v) is 4.85. The lowest BCUT2D eigenvalue weighted by Crippen LogP contribution is -2.73. The Bertz CT molecular complexity index is 1180. The Hall–Kier alpha value is -2.94. The number of hydrogen-bond donors (Lipinski definition) is 2. The molecule has 1 aliphatic carbocycles. The van der Waals surface area contributed by atoms with Gasteiger partial charge in [-0.15, -0.1) is 0 Å². The lowest BCUT2D eigenvalue weighted by Gasteiger charge is -2.63. The summed E-state index contributed by atoms with van der Waals surface area (Å²) in [7, 11) is 0. The second kappa shape index (κ2) is 6.53. The number of rotatable bonds is 3. The van der Waals surface area contributed by atoms with Gasteiger partial charge < -0.3 is 19.9 Å². The van der Waals surface area contributed by atoms with Gasteiger partial charge in [0.25, 0.3) is 11.8 Å². The van der Waals surface area contributed by atoms with Gasteiger partial charge in [0, 0.05) is 36.8 Å². The van der Waals surface area contributed by atoms with Gasteiger partial charge in [-0.05, 0) is 25.0 Å². The van der Waals surface area contributed by atoms with Crippen molar-refractivity contribution in [1.82, 2.24) is 14.8 Å².